The highest BCUT2D eigenvalue weighted by molar-refractivity contribution is 5.66. The topological polar surface area (TPSA) is 61.1 Å². The standard InChI is InChI=1S/C7H9NO2/c8-5-7(3-4-7)2-1-6(9)10/h1-4H2,(H,9,10). The Hall–Kier alpha value is -1.04. The van der Waals surface area contributed by atoms with Gasteiger partial charge in [-0.25, -0.2) is 0 Å². The van der Waals surface area contributed by atoms with Gasteiger partial charge in [0.05, 0.1) is 11.5 Å². The fourth-order valence-electron chi connectivity index (χ4n) is 0.915. The van der Waals surface area contributed by atoms with Crippen LogP contribution in [0.25, 0.3) is 0 Å². The molecule has 3 heteroatoms. The van der Waals surface area contributed by atoms with Gasteiger partial charge in [0.15, 0.2) is 0 Å². The molecule has 1 fully saturated rings. The maximum atomic E-state index is 10.1. The Morgan fingerprint density at radius 2 is 2.30 bits per heavy atom. The minimum absolute atomic E-state index is 0.132. The van der Waals surface area contributed by atoms with Crippen LogP contribution in [0.2, 0.25) is 0 Å². The zero-order chi connectivity index (χ0) is 7.61. The average molecular weight is 139 g/mol. The molecule has 1 N–H and O–H groups in total. The van der Waals surface area contributed by atoms with E-state index in [4.69, 9.17) is 10.4 Å². The molecule has 0 aromatic carbocycles. The number of nitriles is 1. The normalized spacial score (nSPS) is 19.5. The summed E-state index contributed by atoms with van der Waals surface area (Å²) in [6.45, 7) is 0. The van der Waals surface area contributed by atoms with E-state index in [1.165, 1.54) is 0 Å². The molecule has 10 heavy (non-hydrogen) atoms. The van der Waals surface area contributed by atoms with Crippen molar-refractivity contribution in [2.75, 3.05) is 0 Å². The quantitative estimate of drug-likeness (QED) is 0.638. The smallest absolute Gasteiger partial charge is 0.303 e. The summed E-state index contributed by atoms with van der Waals surface area (Å²) in [4.78, 5) is 10.1. The van der Waals surface area contributed by atoms with Gasteiger partial charge in [-0.1, -0.05) is 0 Å². The highest BCUT2D eigenvalue weighted by atomic mass is 16.4. The molecule has 0 saturated heterocycles. The van der Waals surface area contributed by atoms with Crippen molar-refractivity contribution in [2.24, 2.45) is 5.41 Å². The van der Waals surface area contributed by atoms with Crippen molar-refractivity contribution >= 4 is 5.97 Å². The van der Waals surface area contributed by atoms with Gasteiger partial charge in [-0.05, 0) is 19.3 Å². The third-order valence-electron chi connectivity index (χ3n) is 1.91. The molecular formula is C7H9NO2. The van der Waals surface area contributed by atoms with E-state index in [1.54, 1.807) is 0 Å². The second kappa shape index (κ2) is 2.30. The number of hydrogen-bond acceptors (Lipinski definition) is 2. The third kappa shape index (κ3) is 1.47. The zero-order valence-electron chi connectivity index (χ0n) is 5.63. The van der Waals surface area contributed by atoms with Gasteiger partial charge >= 0.3 is 5.97 Å². The molecule has 0 bridgehead atoms. The van der Waals surface area contributed by atoms with Crippen molar-refractivity contribution in [3.8, 4) is 6.07 Å². The molecule has 0 amide bonds. The van der Waals surface area contributed by atoms with Gasteiger partial charge in [0.1, 0.15) is 0 Å². The van der Waals surface area contributed by atoms with Gasteiger partial charge in [-0.15, -0.1) is 0 Å². The van der Waals surface area contributed by atoms with Crippen LogP contribution in [-0.4, -0.2) is 11.1 Å². The number of rotatable bonds is 3. The van der Waals surface area contributed by atoms with E-state index in [-0.39, 0.29) is 11.8 Å². The van der Waals surface area contributed by atoms with E-state index in [1.807, 2.05) is 0 Å². The van der Waals surface area contributed by atoms with Gasteiger partial charge in [0, 0.05) is 6.42 Å². The van der Waals surface area contributed by atoms with E-state index < -0.39 is 5.97 Å². The van der Waals surface area contributed by atoms with Gasteiger partial charge in [-0.2, -0.15) is 5.26 Å². The maximum Gasteiger partial charge on any atom is 0.303 e. The fourth-order valence-corrected chi connectivity index (χ4v) is 0.915. The molecule has 1 saturated carbocycles. The molecule has 0 atom stereocenters. The molecule has 1 rings (SSSR count). The molecule has 1 aliphatic rings. The number of carboxylic acid groups (broad SMARTS) is 1. The summed E-state index contributed by atoms with van der Waals surface area (Å²) >= 11 is 0. The minimum atomic E-state index is -0.804. The predicted octanol–water partition coefficient (Wildman–Crippen LogP) is 1.15. The third-order valence-corrected chi connectivity index (χ3v) is 1.91. The Morgan fingerprint density at radius 3 is 2.60 bits per heavy atom. The average Bonchev–Trinajstić information content (AvgIpc) is 2.64. The molecule has 1 aliphatic carbocycles. The highest BCUT2D eigenvalue weighted by Crippen LogP contribution is 2.48. The summed E-state index contributed by atoms with van der Waals surface area (Å²) in [6, 6.07) is 2.14. The molecule has 3 nitrogen and oxygen atoms in total. The highest BCUT2D eigenvalue weighted by Gasteiger charge is 2.42. The molecule has 0 aromatic heterocycles. The van der Waals surface area contributed by atoms with E-state index in [0.29, 0.717) is 6.42 Å². The van der Waals surface area contributed by atoms with Crippen LogP contribution in [0.4, 0.5) is 0 Å². The molecule has 0 radical (unpaired) electrons. The first-order valence-electron chi connectivity index (χ1n) is 3.32. The van der Waals surface area contributed by atoms with E-state index >= 15 is 0 Å². The first kappa shape index (κ1) is 7.07. The van der Waals surface area contributed by atoms with Crippen molar-refractivity contribution in [1.82, 2.24) is 0 Å². The van der Waals surface area contributed by atoms with E-state index in [9.17, 15) is 4.79 Å². The van der Waals surface area contributed by atoms with Gasteiger partial charge in [0.2, 0.25) is 0 Å². The van der Waals surface area contributed by atoms with E-state index in [2.05, 4.69) is 6.07 Å². The molecular weight excluding hydrogens is 130 g/mol. The first-order chi connectivity index (χ1) is 4.68. The van der Waals surface area contributed by atoms with Crippen molar-refractivity contribution in [1.29, 1.82) is 5.26 Å². The van der Waals surface area contributed by atoms with Crippen molar-refractivity contribution in [3.05, 3.63) is 0 Å². The second-order valence-corrected chi connectivity index (χ2v) is 2.79. The Labute approximate surface area is 59.3 Å². The summed E-state index contributed by atoms with van der Waals surface area (Å²) in [5.74, 6) is -0.804. The summed E-state index contributed by atoms with van der Waals surface area (Å²) in [5.41, 5.74) is -0.252. The summed E-state index contributed by atoms with van der Waals surface area (Å²) < 4.78 is 0. The minimum Gasteiger partial charge on any atom is -0.481 e. The molecule has 0 heterocycles. The molecule has 0 unspecified atom stereocenters. The zero-order valence-corrected chi connectivity index (χ0v) is 5.63. The second-order valence-electron chi connectivity index (χ2n) is 2.79. The van der Waals surface area contributed by atoms with Crippen molar-refractivity contribution in [2.45, 2.75) is 25.7 Å². The monoisotopic (exact) mass is 139 g/mol. The SMILES string of the molecule is N#CC1(CCC(=O)O)CC1. The van der Waals surface area contributed by atoms with Crippen LogP contribution in [-0.2, 0) is 4.79 Å². The molecule has 0 aliphatic heterocycles. The molecule has 54 valence electrons. The lowest BCUT2D eigenvalue weighted by molar-refractivity contribution is -0.137. The van der Waals surface area contributed by atoms with Crippen LogP contribution in [0, 0.1) is 16.7 Å². The lowest BCUT2D eigenvalue weighted by atomic mass is 10.0. The first-order valence-corrected chi connectivity index (χ1v) is 3.32. The summed E-state index contributed by atoms with van der Waals surface area (Å²) in [6.07, 6.45) is 2.43. The van der Waals surface area contributed by atoms with Crippen LogP contribution < -0.4 is 0 Å². The number of nitrogens with zero attached hydrogens (tertiary/aromatic N) is 1. The maximum absolute atomic E-state index is 10.1. The van der Waals surface area contributed by atoms with Crippen LogP contribution in [0.3, 0.4) is 0 Å². The van der Waals surface area contributed by atoms with Gasteiger partial charge < -0.3 is 5.11 Å². The molecule has 0 aromatic rings. The Morgan fingerprint density at radius 1 is 1.70 bits per heavy atom. The van der Waals surface area contributed by atoms with Crippen LogP contribution >= 0.6 is 0 Å². The Balaban J connectivity index is 2.27. The van der Waals surface area contributed by atoms with Crippen LogP contribution in [0.15, 0.2) is 0 Å². The number of carboxylic acids is 1. The summed E-state index contributed by atoms with van der Waals surface area (Å²) in [5, 5.41) is 16.8. The van der Waals surface area contributed by atoms with Crippen LogP contribution in [0.5, 0.6) is 0 Å². The largest absolute Gasteiger partial charge is 0.481 e. The summed E-state index contributed by atoms with van der Waals surface area (Å²) in [7, 11) is 0. The van der Waals surface area contributed by atoms with Crippen molar-refractivity contribution in [3.63, 3.8) is 0 Å². The van der Waals surface area contributed by atoms with E-state index in [0.717, 1.165) is 12.8 Å². The van der Waals surface area contributed by atoms with Gasteiger partial charge in [-0.3, -0.25) is 4.79 Å². The van der Waals surface area contributed by atoms with Crippen molar-refractivity contribution < 1.29 is 9.90 Å². The Kier molecular flexibility index (Phi) is 1.62. The predicted molar refractivity (Wildman–Crippen MR) is 34.1 cm³/mol. The molecule has 0 spiro atoms. The van der Waals surface area contributed by atoms with Crippen LogP contribution in [0.1, 0.15) is 25.7 Å². The number of aliphatic carboxylic acids is 1. The fraction of sp³-hybridized carbons (Fsp3) is 0.714. The number of carbonyl (C=O) groups is 1. The Bertz CT molecular complexity index is 188. The lowest BCUT2D eigenvalue weighted by Crippen LogP contribution is -2.01. The lowest BCUT2D eigenvalue weighted by Gasteiger charge is -1.99. The van der Waals surface area contributed by atoms with Gasteiger partial charge in [0.25, 0.3) is 0 Å². The number of hydrogen-bond donors (Lipinski definition) is 1.